The van der Waals surface area contributed by atoms with E-state index in [4.69, 9.17) is 16.3 Å². The predicted molar refractivity (Wildman–Crippen MR) is 121 cm³/mol. The quantitative estimate of drug-likeness (QED) is 0.667. The highest BCUT2D eigenvalue weighted by atomic mass is 35.5. The summed E-state index contributed by atoms with van der Waals surface area (Å²) in [6, 6.07) is 2.16. The van der Waals surface area contributed by atoms with Crippen LogP contribution in [0.3, 0.4) is 0 Å². The Bertz CT molecular complexity index is 800. The molecule has 0 spiro atoms. The topological polar surface area (TPSA) is 53.5 Å². The van der Waals surface area contributed by atoms with Crippen molar-refractivity contribution in [3.05, 3.63) is 16.2 Å². The van der Waals surface area contributed by atoms with Gasteiger partial charge in [-0.3, -0.25) is 0 Å². The highest BCUT2D eigenvalue weighted by Crippen LogP contribution is 2.33. The molecule has 2 fully saturated rings. The number of nitrogens with one attached hydrogen (secondary N) is 1. The van der Waals surface area contributed by atoms with Gasteiger partial charge in [-0.2, -0.15) is 4.98 Å². The third kappa shape index (κ3) is 5.58. The summed E-state index contributed by atoms with van der Waals surface area (Å²) in [4.78, 5) is 15.2. The fourth-order valence-electron chi connectivity index (χ4n) is 4.30. The molecule has 2 saturated heterocycles. The number of hydrogen-bond donors (Lipinski definition) is 1. The van der Waals surface area contributed by atoms with E-state index >= 15 is 0 Å². The second kappa shape index (κ2) is 9.88. The van der Waals surface area contributed by atoms with Crippen molar-refractivity contribution in [3.63, 3.8) is 0 Å². The zero-order valence-electron chi connectivity index (χ0n) is 17.5. The van der Waals surface area contributed by atoms with Gasteiger partial charge in [0.15, 0.2) is 5.82 Å². The Morgan fingerprint density at radius 2 is 1.97 bits per heavy atom. The maximum atomic E-state index is 6.21. The van der Waals surface area contributed by atoms with Crippen molar-refractivity contribution in [1.29, 1.82) is 0 Å². The number of aromatic nitrogens is 2. The summed E-state index contributed by atoms with van der Waals surface area (Å²) in [5.41, 5.74) is 0.954. The van der Waals surface area contributed by atoms with Gasteiger partial charge in [-0.15, -0.1) is 11.3 Å². The number of halogens is 1. The molecule has 1 N–H and O–H groups in total. The molecule has 8 heteroatoms. The van der Waals surface area contributed by atoms with Gasteiger partial charge in [-0.25, -0.2) is 4.98 Å². The Morgan fingerprint density at radius 3 is 2.69 bits per heavy atom. The number of rotatable bonds is 7. The van der Waals surface area contributed by atoms with Crippen LogP contribution in [0.15, 0.2) is 6.07 Å². The predicted octanol–water partition coefficient (Wildman–Crippen LogP) is 3.64. The van der Waals surface area contributed by atoms with Crippen molar-refractivity contribution in [1.82, 2.24) is 20.2 Å². The minimum Gasteiger partial charge on any atom is -0.378 e. The normalized spacial score (nSPS) is 19.5. The van der Waals surface area contributed by atoms with Gasteiger partial charge in [-0.1, -0.05) is 13.8 Å². The van der Waals surface area contributed by atoms with Gasteiger partial charge in [0.05, 0.1) is 23.4 Å². The van der Waals surface area contributed by atoms with Gasteiger partial charge in [0.25, 0.3) is 0 Å². The molecule has 2 aromatic rings. The van der Waals surface area contributed by atoms with E-state index in [0.717, 1.165) is 67.3 Å². The molecule has 0 bridgehead atoms. The average molecular weight is 438 g/mol. The van der Waals surface area contributed by atoms with Crippen LogP contribution in [0.5, 0.6) is 0 Å². The number of hydrogen-bond acceptors (Lipinski definition) is 7. The van der Waals surface area contributed by atoms with Gasteiger partial charge < -0.3 is 19.9 Å². The number of likely N-dealkylation sites (tertiary alicyclic amines) is 1. The maximum Gasteiger partial charge on any atom is 0.224 e. The maximum absolute atomic E-state index is 6.21. The monoisotopic (exact) mass is 437 g/mol. The molecule has 2 aromatic heterocycles. The number of fused-ring (bicyclic) bond motifs is 1. The molecular weight excluding hydrogens is 406 g/mol. The van der Waals surface area contributed by atoms with E-state index in [-0.39, 0.29) is 0 Å². The summed E-state index contributed by atoms with van der Waals surface area (Å²) in [7, 11) is 0. The van der Waals surface area contributed by atoms with E-state index in [9.17, 15) is 0 Å². The van der Waals surface area contributed by atoms with E-state index in [1.807, 2.05) is 0 Å². The Labute approximate surface area is 182 Å². The molecule has 0 atom stereocenters. The first-order chi connectivity index (χ1) is 14.1. The van der Waals surface area contributed by atoms with Crippen LogP contribution in [-0.2, 0) is 11.3 Å². The van der Waals surface area contributed by atoms with E-state index in [1.54, 1.807) is 11.3 Å². The van der Waals surface area contributed by atoms with E-state index in [0.29, 0.717) is 5.28 Å². The van der Waals surface area contributed by atoms with Crippen LogP contribution in [0, 0.1) is 11.8 Å². The van der Waals surface area contributed by atoms with Crippen LogP contribution < -0.4 is 10.2 Å². The fourth-order valence-corrected chi connectivity index (χ4v) is 5.56. The first kappa shape index (κ1) is 21.2. The Hall–Kier alpha value is -0.990. The molecular formula is C21H32ClN5OS. The molecule has 0 aliphatic carbocycles. The third-order valence-corrected chi connectivity index (χ3v) is 7.04. The minimum atomic E-state index is 0.324. The first-order valence-corrected chi connectivity index (χ1v) is 12.0. The second-order valence-corrected chi connectivity index (χ2v) is 10.1. The van der Waals surface area contributed by atoms with Crippen LogP contribution in [0.2, 0.25) is 5.28 Å². The molecule has 2 aliphatic rings. The summed E-state index contributed by atoms with van der Waals surface area (Å²) in [6.45, 7) is 13.5. The van der Waals surface area contributed by atoms with Crippen LogP contribution in [0.4, 0.5) is 5.82 Å². The first-order valence-electron chi connectivity index (χ1n) is 10.8. The van der Waals surface area contributed by atoms with Crippen LogP contribution in [-0.4, -0.2) is 67.4 Å². The SMILES string of the molecule is CC(C)CN1CCC(CNCc2cc3nc(Cl)nc(N4CCOCC4)c3s2)CC1. The lowest BCUT2D eigenvalue weighted by Gasteiger charge is -2.33. The number of nitrogens with zero attached hydrogens (tertiary/aromatic N) is 4. The zero-order valence-corrected chi connectivity index (χ0v) is 19.1. The number of morpholine rings is 1. The summed E-state index contributed by atoms with van der Waals surface area (Å²) in [5, 5.41) is 4.00. The molecule has 29 heavy (non-hydrogen) atoms. The molecule has 0 saturated carbocycles. The minimum absolute atomic E-state index is 0.324. The van der Waals surface area contributed by atoms with Crippen molar-refractivity contribution in [2.45, 2.75) is 33.2 Å². The molecule has 0 radical (unpaired) electrons. The molecule has 4 heterocycles. The molecule has 2 aliphatic heterocycles. The lowest BCUT2D eigenvalue weighted by molar-refractivity contribution is 0.122. The lowest BCUT2D eigenvalue weighted by atomic mass is 9.96. The lowest BCUT2D eigenvalue weighted by Crippen LogP contribution is -2.38. The van der Waals surface area contributed by atoms with E-state index in [1.165, 1.54) is 37.4 Å². The number of ether oxygens (including phenoxy) is 1. The number of anilines is 1. The highest BCUT2D eigenvalue weighted by molar-refractivity contribution is 7.19. The molecule has 0 unspecified atom stereocenters. The zero-order chi connectivity index (χ0) is 20.2. The van der Waals surface area contributed by atoms with Gasteiger partial charge in [-0.05, 0) is 62.0 Å². The Morgan fingerprint density at radius 1 is 1.21 bits per heavy atom. The fraction of sp³-hybridized carbons (Fsp3) is 0.714. The molecule has 6 nitrogen and oxygen atoms in total. The van der Waals surface area contributed by atoms with Gasteiger partial charge >= 0.3 is 0 Å². The Kier molecular flexibility index (Phi) is 7.24. The standard InChI is InChI=1S/C21H32ClN5OS/c1-15(2)14-26-5-3-16(4-6-26)12-23-13-17-11-18-19(29-17)20(25-21(22)24-18)27-7-9-28-10-8-27/h11,15-16,23H,3-10,12-14H2,1-2H3. The van der Waals surface area contributed by atoms with E-state index < -0.39 is 0 Å². The summed E-state index contributed by atoms with van der Waals surface area (Å²) < 4.78 is 6.61. The van der Waals surface area contributed by atoms with Crippen molar-refractivity contribution in [2.75, 3.05) is 57.4 Å². The smallest absolute Gasteiger partial charge is 0.224 e. The van der Waals surface area contributed by atoms with Crippen molar-refractivity contribution < 1.29 is 4.74 Å². The van der Waals surface area contributed by atoms with Crippen molar-refractivity contribution >= 4 is 39.0 Å². The van der Waals surface area contributed by atoms with Crippen molar-refractivity contribution in [2.24, 2.45) is 11.8 Å². The highest BCUT2D eigenvalue weighted by Gasteiger charge is 2.21. The molecule has 0 amide bonds. The molecule has 160 valence electrons. The summed E-state index contributed by atoms with van der Waals surface area (Å²) >= 11 is 7.99. The van der Waals surface area contributed by atoms with Gasteiger partial charge in [0.2, 0.25) is 5.28 Å². The van der Waals surface area contributed by atoms with Crippen LogP contribution >= 0.6 is 22.9 Å². The molecule has 0 aromatic carbocycles. The van der Waals surface area contributed by atoms with E-state index in [2.05, 4.69) is 45.0 Å². The number of piperidine rings is 1. The molecule has 4 rings (SSSR count). The van der Waals surface area contributed by atoms with Gasteiger partial charge in [0.1, 0.15) is 0 Å². The number of thiophene rings is 1. The van der Waals surface area contributed by atoms with Crippen molar-refractivity contribution in [3.8, 4) is 0 Å². The second-order valence-electron chi connectivity index (χ2n) is 8.61. The average Bonchev–Trinajstić information content (AvgIpc) is 3.11. The largest absolute Gasteiger partial charge is 0.378 e. The summed E-state index contributed by atoms with van der Waals surface area (Å²) in [5.74, 6) is 2.50. The van der Waals surface area contributed by atoms with Crippen LogP contribution in [0.25, 0.3) is 10.2 Å². The van der Waals surface area contributed by atoms with Gasteiger partial charge in [0, 0.05) is 31.1 Å². The summed E-state index contributed by atoms with van der Waals surface area (Å²) in [6.07, 6.45) is 2.60. The van der Waals surface area contributed by atoms with Crippen LogP contribution in [0.1, 0.15) is 31.6 Å². The Balaban J connectivity index is 1.33. The third-order valence-electron chi connectivity index (χ3n) is 5.75.